The Bertz CT molecular complexity index is 910. The van der Waals surface area contributed by atoms with Gasteiger partial charge in [0.15, 0.2) is 5.82 Å². The van der Waals surface area contributed by atoms with Gasteiger partial charge in [-0.1, -0.05) is 35.1 Å². The predicted octanol–water partition coefficient (Wildman–Crippen LogP) is 3.22. The zero-order chi connectivity index (χ0) is 14.2. The van der Waals surface area contributed by atoms with Crippen molar-refractivity contribution in [2.75, 3.05) is 0 Å². The Hall–Kier alpha value is -2.60. The minimum absolute atomic E-state index is 0.769. The fraction of sp³-hybridized carbons (Fsp3) is 0.0667. The Kier molecular flexibility index (Phi) is 2.75. The summed E-state index contributed by atoms with van der Waals surface area (Å²) in [7, 11) is 0. The number of aromatic nitrogens is 5. The van der Waals surface area contributed by atoms with Gasteiger partial charge in [0.2, 0.25) is 4.96 Å². The first-order valence-corrected chi connectivity index (χ1v) is 7.32. The summed E-state index contributed by atoms with van der Waals surface area (Å²) in [4.78, 5) is 4.82. The van der Waals surface area contributed by atoms with Crippen LogP contribution in [0.2, 0.25) is 0 Å². The summed E-state index contributed by atoms with van der Waals surface area (Å²) in [6.45, 7) is 2.06. The van der Waals surface area contributed by atoms with Crippen LogP contribution >= 0.6 is 11.3 Å². The lowest BCUT2D eigenvalue weighted by Crippen LogP contribution is -1.91. The third-order valence-corrected chi connectivity index (χ3v) is 4.14. The Labute approximate surface area is 124 Å². The number of fused-ring (bicyclic) bond motifs is 1. The molecule has 0 aliphatic carbocycles. The molecule has 0 bridgehead atoms. The molecule has 21 heavy (non-hydrogen) atoms. The van der Waals surface area contributed by atoms with E-state index in [9.17, 15) is 0 Å². The maximum atomic E-state index is 4.63. The van der Waals surface area contributed by atoms with Crippen LogP contribution in [0.1, 0.15) is 5.56 Å². The minimum Gasteiger partial charge on any atom is -0.265 e. The zero-order valence-electron chi connectivity index (χ0n) is 11.3. The molecule has 0 amide bonds. The Morgan fingerprint density at radius 1 is 1.00 bits per heavy atom. The maximum absolute atomic E-state index is 4.63. The minimum atomic E-state index is 0.769. The number of hydrogen-bond acceptors (Lipinski definition) is 5. The molecule has 4 aromatic rings. The summed E-state index contributed by atoms with van der Waals surface area (Å²) in [5.41, 5.74) is 3.25. The highest BCUT2D eigenvalue weighted by Crippen LogP contribution is 2.27. The van der Waals surface area contributed by atoms with Gasteiger partial charge in [-0.15, -0.1) is 10.2 Å². The van der Waals surface area contributed by atoms with E-state index in [1.165, 1.54) is 16.9 Å². The summed E-state index contributed by atoms with van der Waals surface area (Å²) in [6, 6.07) is 12.1. The van der Waals surface area contributed by atoms with Gasteiger partial charge in [-0.05, 0) is 25.1 Å². The molecule has 102 valence electrons. The van der Waals surface area contributed by atoms with Crippen LogP contribution in [-0.2, 0) is 0 Å². The van der Waals surface area contributed by atoms with E-state index in [4.69, 9.17) is 0 Å². The van der Waals surface area contributed by atoms with Crippen LogP contribution in [0.5, 0.6) is 0 Å². The van der Waals surface area contributed by atoms with Crippen LogP contribution in [0.4, 0.5) is 0 Å². The van der Waals surface area contributed by atoms with Crippen LogP contribution < -0.4 is 0 Å². The fourth-order valence-electron chi connectivity index (χ4n) is 2.19. The molecule has 3 heterocycles. The lowest BCUT2D eigenvalue weighted by molar-refractivity contribution is 0.970. The molecule has 4 rings (SSSR count). The van der Waals surface area contributed by atoms with Gasteiger partial charge in [0, 0.05) is 23.5 Å². The highest BCUT2D eigenvalue weighted by molar-refractivity contribution is 7.19. The van der Waals surface area contributed by atoms with Crippen molar-refractivity contribution in [1.82, 2.24) is 24.8 Å². The van der Waals surface area contributed by atoms with Crippen molar-refractivity contribution in [2.24, 2.45) is 0 Å². The second-order valence-electron chi connectivity index (χ2n) is 4.73. The van der Waals surface area contributed by atoms with E-state index in [0.717, 1.165) is 26.9 Å². The molecule has 1 aromatic carbocycles. The first-order chi connectivity index (χ1) is 10.3. The molecule has 0 aliphatic heterocycles. The van der Waals surface area contributed by atoms with Gasteiger partial charge in [0.05, 0.1) is 0 Å². The van der Waals surface area contributed by atoms with Gasteiger partial charge in [0.25, 0.3) is 0 Å². The molecule has 0 saturated carbocycles. The summed E-state index contributed by atoms with van der Waals surface area (Å²) < 4.78 is 1.80. The molecule has 0 radical (unpaired) electrons. The van der Waals surface area contributed by atoms with E-state index in [1.54, 1.807) is 16.9 Å². The SMILES string of the molecule is Cc1cccc(-c2nnc3sc(-c4ccncc4)nn23)c1. The van der Waals surface area contributed by atoms with Crippen molar-refractivity contribution in [1.29, 1.82) is 0 Å². The molecule has 0 spiro atoms. The molecule has 5 nitrogen and oxygen atoms in total. The fourth-order valence-corrected chi connectivity index (χ4v) is 3.04. The zero-order valence-corrected chi connectivity index (χ0v) is 12.1. The Morgan fingerprint density at radius 2 is 1.86 bits per heavy atom. The van der Waals surface area contributed by atoms with Gasteiger partial charge >= 0.3 is 0 Å². The number of aryl methyl sites for hydroxylation is 1. The monoisotopic (exact) mass is 293 g/mol. The van der Waals surface area contributed by atoms with Crippen LogP contribution in [0.25, 0.3) is 26.9 Å². The highest BCUT2D eigenvalue weighted by atomic mass is 32.1. The second-order valence-corrected chi connectivity index (χ2v) is 5.69. The van der Waals surface area contributed by atoms with Crippen molar-refractivity contribution in [3.63, 3.8) is 0 Å². The number of hydrogen-bond donors (Lipinski definition) is 0. The average Bonchev–Trinajstić information content (AvgIpc) is 3.08. The van der Waals surface area contributed by atoms with Crippen LogP contribution in [0.3, 0.4) is 0 Å². The molecule has 0 unspecified atom stereocenters. The van der Waals surface area contributed by atoms with Crippen molar-refractivity contribution in [3.8, 4) is 22.0 Å². The van der Waals surface area contributed by atoms with Gasteiger partial charge < -0.3 is 0 Å². The van der Waals surface area contributed by atoms with Crippen molar-refractivity contribution >= 4 is 16.3 Å². The Balaban J connectivity index is 1.87. The molecule has 0 N–H and O–H groups in total. The summed E-state index contributed by atoms with van der Waals surface area (Å²) in [5.74, 6) is 0.769. The molecule has 0 saturated heterocycles. The number of pyridine rings is 1. The van der Waals surface area contributed by atoms with E-state index in [2.05, 4.69) is 39.3 Å². The van der Waals surface area contributed by atoms with E-state index in [0.29, 0.717) is 0 Å². The average molecular weight is 293 g/mol. The largest absolute Gasteiger partial charge is 0.265 e. The van der Waals surface area contributed by atoms with Crippen molar-refractivity contribution in [3.05, 3.63) is 54.4 Å². The number of benzene rings is 1. The lowest BCUT2D eigenvalue weighted by Gasteiger charge is -1.98. The smallest absolute Gasteiger partial charge is 0.235 e. The first kappa shape index (κ1) is 12.2. The van der Waals surface area contributed by atoms with Gasteiger partial charge in [-0.3, -0.25) is 4.98 Å². The molecule has 0 aliphatic rings. The predicted molar refractivity (Wildman–Crippen MR) is 82.1 cm³/mol. The third kappa shape index (κ3) is 2.09. The van der Waals surface area contributed by atoms with E-state index >= 15 is 0 Å². The summed E-state index contributed by atoms with van der Waals surface area (Å²) in [6.07, 6.45) is 3.53. The molecular formula is C15H11N5S. The molecule has 6 heteroatoms. The summed E-state index contributed by atoms with van der Waals surface area (Å²) >= 11 is 1.52. The van der Waals surface area contributed by atoms with Gasteiger partial charge in [0.1, 0.15) is 5.01 Å². The normalized spacial score (nSPS) is 11.1. The molecular weight excluding hydrogens is 282 g/mol. The summed E-state index contributed by atoms with van der Waals surface area (Å²) in [5, 5.41) is 14.0. The molecule has 0 fully saturated rings. The van der Waals surface area contributed by atoms with Crippen molar-refractivity contribution < 1.29 is 0 Å². The quantitative estimate of drug-likeness (QED) is 0.569. The highest BCUT2D eigenvalue weighted by Gasteiger charge is 2.14. The standard InChI is InChI=1S/C15H11N5S/c1-10-3-2-4-12(9-10)13-17-18-15-20(13)19-14(21-15)11-5-7-16-8-6-11/h2-9H,1H3. The van der Waals surface area contributed by atoms with Crippen molar-refractivity contribution in [2.45, 2.75) is 6.92 Å². The van der Waals surface area contributed by atoms with Crippen LogP contribution in [0.15, 0.2) is 48.8 Å². The van der Waals surface area contributed by atoms with Crippen LogP contribution in [0, 0.1) is 6.92 Å². The van der Waals surface area contributed by atoms with E-state index in [1.807, 2.05) is 24.3 Å². The van der Waals surface area contributed by atoms with E-state index in [-0.39, 0.29) is 0 Å². The molecule has 0 atom stereocenters. The number of rotatable bonds is 2. The Morgan fingerprint density at radius 3 is 2.67 bits per heavy atom. The molecule has 3 aromatic heterocycles. The lowest BCUT2D eigenvalue weighted by atomic mass is 10.1. The maximum Gasteiger partial charge on any atom is 0.235 e. The van der Waals surface area contributed by atoms with E-state index < -0.39 is 0 Å². The number of nitrogens with zero attached hydrogens (tertiary/aromatic N) is 5. The third-order valence-electron chi connectivity index (χ3n) is 3.19. The van der Waals surface area contributed by atoms with Crippen LogP contribution in [-0.4, -0.2) is 24.8 Å². The topological polar surface area (TPSA) is 56.0 Å². The second kappa shape index (κ2) is 4.75. The van der Waals surface area contributed by atoms with Gasteiger partial charge in [-0.2, -0.15) is 9.61 Å². The first-order valence-electron chi connectivity index (χ1n) is 6.51. The van der Waals surface area contributed by atoms with Gasteiger partial charge in [-0.25, -0.2) is 0 Å².